The van der Waals surface area contributed by atoms with E-state index in [9.17, 15) is 19.5 Å². The number of rotatable bonds is 10. The summed E-state index contributed by atoms with van der Waals surface area (Å²) in [5.74, 6) is -0.962. The predicted molar refractivity (Wildman–Crippen MR) is 133 cm³/mol. The number of carbonyl (C=O) groups excluding carboxylic acids is 2. The van der Waals surface area contributed by atoms with E-state index in [1.807, 2.05) is 24.3 Å². The summed E-state index contributed by atoms with van der Waals surface area (Å²) in [5, 5.41) is 12.3. The van der Waals surface area contributed by atoms with Gasteiger partial charge in [0.25, 0.3) is 0 Å². The van der Waals surface area contributed by atoms with E-state index in [2.05, 4.69) is 29.6 Å². The Morgan fingerprint density at radius 3 is 2.29 bits per heavy atom. The van der Waals surface area contributed by atoms with Crippen LogP contribution in [0.2, 0.25) is 0 Å². The van der Waals surface area contributed by atoms with Crippen LogP contribution >= 0.6 is 0 Å². The van der Waals surface area contributed by atoms with Crippen molar-refractivity contribution in [2.45, 2.75) is 63.3 Å². The highest BCUT2D eigenvalue weighted by molar-refractivity contribution is 5.87. The number of nitrogens with zero attached hydrogens (tertiary/aromatic N) is 1. The second kappa shape index (κ2) is 10.9. The number of carbonyl (C=O) groups is 3. The summed E-state index contributed by atoms with van der Waals surface area (Å²) in [6, 6.07) is 16.5. The van der Waals surface area contributed by atoms with E-state index in [4.69, 9.17) is 4.74 Å². The number of carboxylic acid groups (broad SMARTS) is 1. The van der Waals surface area contributed by atoms with Gasteiger partial charge in [-0.05, 0) is 54.9 Å². The SMILES string of the molecule is C[C@]1(C(=O)O)CCCN1C(=O)CCCCCCNC(=O)OCC1c2ccccc2-c2ccccc21. The van der Waals surface area contributed by atoms with E-state index >= 15 is 0 Å². The van der Waals surface area contributed by atoms with Crippen molar-refractivity contribution < 1.29 is 24.2 Å². The molecule has 0 aromatic heterocycles. The number of unbranched alkanes of at least 4 members (excludes halogenated alkanes) is 3. The van der Waals surface area contributed by atoms with E-state index in [-0.39, 0.29) is 11.8 Å². The van der Waals surface area contributed by atoms with Crippen LogP contribution in [0, 0.1) is 0 Å². The maximum atomic E-state index is 12.5. The highest BCUT2D eigenvalue weighted by Crippen LogP contribution is 2.44. The quantitative estimate of drug-likeness (QED) is 0.472. The number of ether oxygens (including phenoxy) is 1. The molecule has 2 N–H and O–H groups in total. The lowest BCUT2D eigenvalue weighted by Gasteiger charge is -2.31. The van der Waals surface area contributed by atoms with Crippen LogP contribution in [-0.4, -0.2) is 53.2 Å². The molecule has 1 saturated heterocycles. The number of carboxylic acids is 1. The molecule has 7 nitrogen and oxygen atoms in total. The van der Waals surface area contributed by atoms with Gasteiger partial charge in [0, 0.05) is 25.4 Å². The minimum atomic E-state index is -1.07. The Bertz CT molecular complexity index is 1040. The average Bonchev–Trinajstić information content (AvgIpc) is 3.41. The third-order valence-corrected chi connectivity index (χ3v) is 7.33. The monoisotopic (exact) mass is 478 g/mol. The van der Waals surface area contributed by atoms with Gasteiger partial charge in [-0.2, -0.15) is 0 Å². The normalized spacial score (nSPS) is 18.7. The van der Waals surface area contributed by atoms with Crippen LogP contribution in [0.3, 0.4) is 0 Å². The van der Waals surface area contributed by atoms with E-state index in [1.165, 1.54) is 27.2 Å². The first-order valence-corrected chi connectivity index (χ1v) is 12.5. The summed E-state index contributed by atoms with van der Waals surface area (Å²) in [5.41, 5.74) is 3.72. The molecule has 186 valence electrons. The molecule has 0 spiro atoms. The molecule has 1 aliphatic carbocycles. The van der Waals surface area contributed by atoms with Crippen LogP contribution in [0.5, 0.6) is 0 Å². The zero-order chi connectivity index (χ0) is 24.8. The first-order valence-electron chi connectivity index (χ1n) is 12.5. The molecule has 2 aliphatic rings. The third-order valence-electron chi connectivity index (χ3n) is 7.33. The molecule has 2 aromatic rings. The van der Waals surface area contributed by atoms with Gasteiger partial charge in [0.1, 0.15) is 12.1 Å². The Hall–Kier alpha value is -3.35. The Labute approximate surface area is 206 Å². The third kappa shape index (κ3) is 5.34. The molecule has 1 atom stereocenters. The second-order valence-corrected chi connectivity index (χ2v) is 9.64. The summed E-state index contributed by atoms with van der Waals surface area (Å²) in [7, 11) is 0. The Kier molecular flexibility index (Phi) is 7.73. The Morgan fingerprint density at radius 1 is 1.00 bits per heavy atom. The van der Waals surface area contributed by atoms with Crippen molar-refractivity contribution in [3.05, 3.63) is 59.7 Å². The first-order chi connectivity index (χ1) is 16.9. The number of nitrogens with one attached hydrogen (secondary N) is 1. The predicted octanol–water partition coefficient (Wildman–Crippen LogP) is 4.94. The first kappa shape index (κ1) is 24.8. The van der Waals surface area contributed by atoms with E-state index in [1.54, 1.807) is 6.92 Å². The van der Waals surface area contributed by atoms with Crippen molar-refractivity contribution in [2.24, 2.45) is 0 Å². The number of likely N-dealkylation sites (tertiary alicyclic amines) is 1. The molecule has 4 rings (SSSR count). The van der Waals surface area contributed by atoms with Gasteiger partial charge in [-0.25, -0.2) is 9.59 Å². The van der Waals surface area contributed by atoms with Crippen LogP contribution in [0.4, 0.5) is 4.79 Å². The second-order valence-electron chi connectivity index (χ2n) is 9.64. The Morgan fingerprint density at radius 2 is 1.63 bits per heavy atom. The van der Waals surface area contributed by atoms with Crippen LogP contribution in [0.25, 0.3) is 11.1 Å². The lowest BCUT2D eigenvalue weighted by Crippen LogP contribution is -2.50. The van der Waals surface area contributed by atoms with Gasteiger partial charge in [0.2, 0.25) is 5.91 Å². The van der Waals surface area contributed by atoms with Crippen molar-refractivity contribution in [2.75, 3.05) is 19.7 Å². The molecule has 35 heavy (non-hydrogen) atoms. The molecule has 2 amide bonds. The molecule has 1 heterocycles. The molecule has 7 heteroatoms. The summed E-state index contributed by atoms with van der Waals surface area (Å²) >= 11 is 0. The fourth-order valence-electron chi connectivity index (χ4n) is 5.32. The highest BCUT2D eigenvalue weighted by atomic mass is 16.5. The number of alkyl carbamates (subject to hydrolysis) is 1. The molecule has 0 bridgehead atoms. The topological polar surface area (TPSA) is 95.9 Å². The molecular formula is C28H34N2O5. The standard InChI is InChI=1S/C28H34N2O5/c1-28(26(32)33)16-10-18-30(28)25(31)15-4-2-3-9-17-29-27(34)35-19-24-22-13-7-5-11-20(22)21-12-6-8-14-23(21)24/h5-8,11-14,24H,2-4,9-10,15-19H2,1H3,(H,29,34)(H,32,33)/t28-/m1/s1. The summed E-state index contributed by atoms with van der Waals surface area (Å²) in [4.78, 5) is 37.8. The maximum absolute atomic E-state index is 12.5. The van der Waals surface area contributed by atoms with Gasteiger partial charge in [0.15, 0.2) is 0 Å². The number of hydrogen-bond donors (Lipinski definition) is 2. The molecule has 1 fully saturated rings. The van der Waals surface area contributed by atoms with E-state index in [0.29, 0.717) is 32.5 Å². The number of amides is 2. The summed E-state index contributed by atoms with van der Waals surface area (Å²) < 4.78 is 5.55. The van der Waals surface area contributed by atoms with Crippen molar-refractivity contribution >= 4 is 18.0 Å². The zero-order valence-electron chi connectivity index (χ0n) is 20.3. The van der Waals surface area contributed by atoms with Gasteiger partial charge in [-0.15, -0.1) is 0 Å². The Balaban J connectivity index is 1.12. The number of hydrogen-bond acceptors (Lipinski definition) is 4. The van der Waals surface area contributed by atoms with E-state index in [0.717, 1.165) is 32.1 Å². The fraction of sp³-hybridized carbons (Fsp3) is 0.464. The highest BCUT2D eigenvalue weighted by Gasteiger charge is 2.45. The average molecular weight is 479 g/mol. The molecular weight excluding hydrogens is 444 g/mol. The maximum Gasteiger partial charge on any atom is 0.407 e. The minimum absolute atomic E-state index is 0.0456. The van der Waals surface area contributed by atoms with Crippen molar-refractivity contribution in [1.29, 1.82) is 0 Å². The molecule has 1 aliphatic heterocycles. The summed E-state index contributed by atoms with van der Waals surface area (Å²) in [6.45, 7) is 2.97. The molecule has 0 saturated carbocycles. The van der Waals surface area contributed by atoms with Crippen molar-refractivity contribution in [3.8, 4) is 11.1 Å². The van der Waals surface area contributed by atoms with Crippen molar-refractivity contribution in [1.82, 2.24) is 10.2 Å². The van der Waals surface area contributed by atoms with E-state index < -0.39 is 17.6 Å². The number of benzene rings is 2. The van der Waals surface area contributed by atoms with Gasteiger partial charge in [-0.3, -0.25) is 4.79 Å². The lowest BCUT2D eigenvalue weighted by molar-refractivity contribution is -0.155. The van der Waals surface area contributed by atoms with Gasteiger partial charge in [-0.1, -0.05) is 61.4 Å². The van der Waals surface area contributed by atoms with Gasteiger partial charge in [0.05, 0.1) is 0 Å². The lowest BCUT2D eigenvalue weighted by atomic mass is 9.98. The van der Waals surface area contributed by atoms with Gasteiger partial charge < -0.3 is 20.1 Å². The molecule has 0 unspecified atom stereocenters. The fourth-order valence-corrected chi connectivity index (χ4v) is 5.32. The largest absolute Gasteiger partial charge is 0.480 e. The summed E-state index contributed by atoms with van der Waals surface area (Å²) in [6.07, 6.45) is 4.45. The van der Waals surface area contributed by atoms with Gasteiger partial charge >= 0.3 is 12.1 Å². The van der Waals surface area contributed by atoms with Crippen molar-refractivity contribution in [3.63, 3.8) is 0 Å². The number of aliphatic carboxylic acids is 1. The minimum Gasteiger partial charge on any atom is -0.480 e. The molecule has 2 aromatic carbocycles. The number of fused-ring (bicyclic) bond motifs is 3. The smallest absolute Gasteiger partial charge is 0.407 e. The van der Waals surface area contributed by atoms with Crippen LogP contribution in [0.1, 0.15) is 68.9 Å². The van der Waals surface area contributed by atoms with Crippen LogP contribution in [0.15, 0.2) is 48.5 Å². The van der Waals surface area contributed by atoms with Crippen LogP contribution in [-0.2, 0) is 14.3 Å². The zero-order valence-corrected chi connectivity index (χ0v) is 20.3. The molecule has 0 radical (unpaired) electrons. The van der Waals surface area contributed by atoms with Crippen LogP contribution < -0.4 is 5.32 Å².